The molecule has 2 aromatic heterocycles. The summed E-state index contributed by atoms with van der Waals surface area (Å²) in [5, 5.41) is 20.6. The van der Waals surface area contributed by atoms with E-state index in [-0.39, 0.29) is 6.54 Å². The van der Waals surface area contributed by atoms with Crippen LogP contribution >= 0.6 is 7.82 Å². The lowest BCUT2D eigenvalue weighted by Crippen LogP contribution is -2.43. The highest BCUT2D eigenvalue weighted by Crippen LogP contribution is 2.38. The molecule has 34 heavy (non-hydrogen) atoms. The lowest BCUT2D eigenvalue weighted by molar-refractivity contribution is -0.0548. The van der Waals surface area contributed by atoms with Crippen molar-refractivity contribution in [2.24, 2.45) is 0 Å². The molecule has 0 aliphatic carbocycles. The van der Waals surface area contributed by atoms with Gasteiger partial charge in [-0.15, -0.1) is 0 Å². The minimum atomic E-state index is -4.83. The van der Waals surface area contributed by atoms with E-state index < -0.39 is 50.2 Å². The van der Waals surface area contributed by atoms with Gasteiger partial charge in [-0.05, 0) is 31.4 Å². The fraction of sp³-hybridized carbons (Fsp3) is 0.550. The van der Waals surface area contributed by atoms with Crippen molar-refractivity contribution in [2.75, 3.05) is 24.6 Å². The van der Waals surface area contributed by atoms with E-state index in [0.717, 1.165) is 53.0 Å². The molecule has 1 unspecified atom stereocenters. The first-order valence-corrected chi connectivity index (χ1v) is 12.4. The molecule has 14 heteroatoms. The number of phosphoric acid groups is 1. The molecule has 186 valence electrons. The number of ether oxygens (including phenoxy) is 1. The van der Waals surface area contributed by atoms with Gasteiger partial charge < -0.3 is 29.6 Å². The second-order valence-electron chi connectivity index (χ2n) is 8.32. The maximum atomic E-state index is 13.1. The van der Waals surface area contributed by atoms with Crippen molar-refractivity contribution < 1.29 is 33.8 Å². The van der Waals surface area contributed by atoms with Crippen LogP contribution in [0.25, 0.3) is 0 Å². The fourth-order valence-corrected chi connectivity index (χ4v) is 4.54. The molecule has 0 amide bonds. The number of rotatable bonds is 7. The van der Waals surface area contributed by atoms with Crippen molar-refractivity contribution in [3.63, 3.8) is 0 Å². The van der Waals surface area contributed by atoms with Crippen molar-refractivity contribution in [1.82, 2.24) is 14.1 Å². The van der Waals surface area contributed by atoms with Crippen LogP contribution in [0.3, 0.4) is 0 Å². The Hall–Kier alpha value is -2.38. The van der Waals surface area contributed by atoms with Crippen molar-refractivity contribution >= 4 is 13.5 Å². The number of aliphatic hydroxyl groups is 2. The molecule has 2 aliphatic rings. The van der Waals surface area contributed by atoms with E-state index in [0.29, 0.717) is 5.69 Å². The summed E-state index contributed by atoms with van der Waals surface area (Å²) in [6, 6.07) is 4.83. The Kier molecular flexibility index (Phi) is 7.33. The normalized spacial score (nSPS) is 25.6. The number of anilines is 1. The molecule has 2 aliphatic heterocycles. The SMILES string of the molecule is O=c1ccn([C@@H]2O[C@H](COP(=O)(O)O)C(O)[C@@H]2O)c(=O)n1Cc1cc(N2CCCCC2)ccn1. The molecule has 2 saturated heterocycles. The highest BCUT2D eigenvalue weighted by atomic mass is 31.2. The van der Waals surface area contributed by atoms with E-state index in [9.17, 15) is 24.4 Å². The number of aromatic nitrogens is 3. The van der Waals surface area contributed by atoms with Crippen molar-refractivity contribution in [1.29, 1.82) is 0 Å². The molecule has 0 aromatic carbocycles. The molecule has 4 rings (SSSR count). The third kappa shape index (κ3) is 5.47. The number of nitrogens with zero attached hydrogens (tertiary/aromatic N) is 4. The van der Waals surface area contributed by atoms with Gasteiger partial charge in [-0.25, -0.2) is 9.36 Å². The van der Waals surface area contributed by atoms with E-state index in [1.807, 2.05) is 12.1 Å². The smallest absolute Gasteiger partial charge is 0.387 e. The Morgan fingerprint density at radius 2 is 1.85 bits per heavy atom. The van der Waals surface area contributed by atoms with Gasteiger partial charge in [0, 0.05) is 37.2 Å². The summed E-state index contributed by atoms with van der Waals surface area (Å²) in [7, 11) is -4.83. The zero-order valence-corrected chi connectivity index (χ0v) is 19.1. The van der Waals surface area contributed by atoms with Gasteiger partial charge in [0.1, 0.15) is 18.3 Å². The van der Waals surface area contributed by atoms with Crippen LogP contribution in [0.15, 0.2) is 40.2 Å². The summed E-state index contributed by atoms with van der Waals surface area (Å²) in [5.41, 5.74) is 0.0757. The van der Waals surface area contributed by atoms with E-state index in [4.69, 9.17) is 14.5 Å². The van der Waals surface area contributed by atoms with Crippen LogP contribution in [-0.4, -0.2) is 72.1 Å². The zero-order valence-electron chi connectivity index (χ0n) is 18.2. The Morgan fingerprint density at radius 3 is 2.56 bits per heavy atom. The Labute approximate surface area is 194 Å². The average Bonchev–Trinajstić information content (AvgIpc) is 3.09. The third-order valence-corrected chi connectivity index (χ3v) is 6.44. The number of hydrogen-bond donors (Lipinski definition) is 4. The number of phosphoric ester groups is 1. The van der Waals surface area contributed by atoms with E-state index in [1.165, 1.54) is 6.42 Å². The molecule has 0 radical (unpaired) electrons. The van der Waals surface area contributed by atoms with Gasteiger partial charge in [-0.2, -0.15) is 0 Å². The first-order valence-electron chi connectivity index (χ1n) is 10.9. The van der Waals surface area contributed by atoms with Crippen LogP contribution in [-0.2, 0) is 20.4 Å². The van der Waals surface area contributed by atoms with E-state index in [1.54, 1.807) is 6.20 Å². The maximum absolute atomic E-state index is 13.1. The van der Waals surface area contributed by atoms with Gasteiger partial charge in [0.15, 0.2) is 6.23 Å². The maximum Gasteiger partial charge on any atom is 0.469 e. The molecule has 4 N–H and O–H groups in total. The van der Waals surface area contributed by atoms with Gasteiger partial charge in [-0.1, -0.05) is 0 Å². The van der Waals surface area contributed by atoms with Gasteiger partial charge >= 0.3 is 13.5 Å². The first kappa shape index (κ1) is 24.7. The lowest BCUT2D eigenvalue weighted by atomic mass is 10.1. The average molecular weight is 498 g/mol. The molecule has 4 heterocycles. The molecule has 0 saturated carbocycles. The van der Waals surface area contributed by atoms with Crippen LogP contribution in [0.4, 0.5) is 5.69 Å². The van der Waals surface area contributed by atoms with Crippen molar-refractivity contribution in [3.05, 3.63) is 57.1 Å². The first-order chi connectivity index (χ1) is 16.1. The van der Waals surface area contributed by atoms with Crippen molar-refractivity contribution in [3.8, 4) is 0 Å². The molecule has 2 fully saturated rings. The summed E-state index contributed by atoms with van der Waals surface area (Å²) >= 11 is 0. The van der Waals surface area contributed by atoms with Gasteiger partial charge in [0.2, 0.25) is 0 Å². The number of pyridine rings is 1. The lowest BCUT2D eigenvalue weighted by Gasteiger charge is -2.29. The number of piperidine rings is 1. The van der Waals surface area contributed by atoms with Crippen LogP contribution < -0.4 is 16.1 Å². The van der Waals surface area contributed by atoms with Crippen LogP contribution in [0.5, 0.6) is 0 Å². The summed E-state index contributed by atoms with van der Waals surface area (Å²) in [5.74, 6) is 0. The fourth-order valence-electron chi connectivity index (χ4n) is 4.20. The second kappa shape index (κ2) is 10.1. The van der Waals surface area contributed by atoms with Crippen LogP contribution in [0.2, 0.25) is 0 Å². The largest absolute Gasteiger partial charge is 0.469 e. The minimum Gasteiger partial charge on any atom is -0.387 e. The highest BCUT2D eigenvalue weighted by molar-refractivity contribution is 7.46. The summed E-state index contributed by atoms with van der Waals surface area (Å²) in [4.78, 5) is 49.8. The molecular formula is C20H27N4O9P. The topological polar surface area (TPSA) is 177 Å². The Bertz CT molecular complexity index is 1170. The summed E-state index contributed by atoms with van der Waals surface area (Å²) < 4.78 is 22.6. The van der Waals surface area contributed by atoms with Gasteiger partial charge in [0.05, 0.1) is 18.8 Å². The standard InChI is InChI=1S/C20H27N4O9P/c25-16-5-9-23(19-18(27)17(26)15(33-19)12-32-34(29,30)31)20(28)24(16)11-13-10-14(4-6-21-13)22-7-2-1-3-8-22/h4-6,9-10,15,17-19,26-27H,1-3,7-8,11-12H2,(H2,29,30,31)/t15-,17?,18+,19-/m1/s1. The van der Waals surface area contributed by atoms with E-state index in [2.05, 4.69) is 14.4 Å². The monoisotopic (exact) mass is 498 g/mol. The quantitative estimate of drug-likeness (QED) is 0.351. The zero-order chi connectivity index (χ0) is 24.5. The molecule has 0 bridgehead atoms. The van der Waals surface area contributed by atoms with Crippen LogP contribution in [0.1, 0.15) is 31.2 Å². The summed E-state index contributed by atoms with van der Waals surface area (Å²) in [6.45, 7) is 1.03. The molecule has 0 spiro atoms. The minimum absolute atomic E-state index is 0.115. The van der Waals surface area contributed by atoms with E-state index >= 15 is 0 Å². The third-order valence-electron chi connectivity index (χ3n) is 5.96. The Balaban J connectivity index is 1.56. The summed E-state index contributed by atoms with van der Waals surface area (Å²) in [6.07, 6.45) is 0.246. The van der Waals surface area contributed by atoms with Gasteiger partial charge in [-0.3, -0.25) is 23.4 Å². The predicted octanol–water partition coefficient (Wildman–Crippen LogP) is -0.828. The molecule has 2 aromatic rings. The van der Waals surface area contributed by atoms with Gasteiger partial charge in [0.25, 0.3) is 5.56 Å². The second-order valence-corrected chi connectivity index (χ2v) is 9.56. The molecule has 4 atom stereocenters. The number of hydrogen-bond acceptors (Lipinski definition) is 9. The number of aliphatic hydroxyl groups excluding tert-OH is 2. The highest BCUT2D eigenvalue weighted by Gasteiger charge is 2.45. The molecular weight excluding hydrogens is 471 g/mol. The predicted molar refractivity (Wildman–Crippen MR) is 118 cm³/mol. The Morgan fingerprint density at radius 1 is 1.12 bits per heavy atom. The van der Waals surface area contributed by atoms with Crippen LogP contribution in [0, 0.1) is 0 Å². The molecule has 13 nitrogen and oxygen atoms in total. The van der Waals surface area contributed by atoms with Crippen molar-refractivity contribution in [2.45, 2.75) is 50.3 Å².